The molecule has 0 aliphatic carbocycles. The molecule has 0 aromatic carbocycles. The molecular weight excluding hydrogens is 324 g/mol. The fourth-order valence-corrected chi connectivity index (χ4v) is 3.06. The number of alkyl halides is 1. The summed E-state index contributed by atoms with van der Waals surface area (Å²) >= 11 is 6.48. The van der Waals surface area contributed by atoms with E-state index in [0.717, 1.165) is 0 Å². The summed E-state index contributed by atoms with van der Waals surface area (Å²) in [5.41, 5.74) is 0.999. The molecule has 1 saturated heterocycles. The maximum absolute atomic E-state index is 10.2. The number of fused-ring (bicyclic) bond motifs is 1. The van der Waals surface area contributed by atoms with Gasteiger partial charge in [-0.1, -0.05) is 0 Å². The lowest BCUT2D eigenvalue weighted by atomic mass is 10.0. The van der Waals surface area contributed by atoms with Gasteiger partial charge in [0.2, 0.25) is 5.88 Å². The number of rotatable bonds is 4. The highest BCUT2D eigenvalue weighted by Crippen LogP contribution is 2.44. The molecule has 2 N–H and O–H groups in total. The SMILES string of the molecule is CCOc1nc(C)nc2c1ncn2[C@@H]1O[C@H](CO)[C@@H](O)[C@@]1(C)Cl. The van der Waals surface area contributed by atoms with E-state index in [2.05, 4.69) is 15.0 Å². The van der Waals surface area contributed by atoms with E-state index in [1.165, 1.54) is 6.33 Å². The number of hydrogen-bond acceptors (Lipinski definition) is 7. The molecule has 4 atom stereocenters. The normalized spacial score (nSPS) is 31.0. The maximum Gasteiger partial charge on any atom is 0.245 e. The molecule has 0 radical (unpaired) electrons. The Kier molecular flexibility index (Phi) is 4.18. The van der Waals surface area contributed by atoms with Crippen LogP contribution in [0.2, 0.25) is 0 Å². The number of aliphatic hydroxyl groups is 2. The smallest absolute Gasteiger partial charge is 0.245 e. The Morgan fingerprint density at radius 2 is 2.22 bits per heavy atom. The second kappa shape index (κ2) is 5.86. The van der Waals surface area contributed by atoms with Crippen LogP contribution in [0.15, 0.2) is 6.33 Å². The summed E-state index contributed by atoms with van der Waals surface area (Å²) in [6.45, 7) is 5.39. The summed E-state index contributed by atoms with van der Waals surface area (Å²) in [5, 5.41) is 19.6. The first-order valence-electron chi connectivity index (χ1n) is 7.37. The van der Waals surface area contributed by atoms with Gasteiger partial charge in [0, 0.05) is 0 Å². The number of aliphatic hydroxyl groups excluding tert-OH is 2. The first-order valence-corrected chi connectivity index (χ1v) is 7.75. The molecule has 1 aliphatic rings. The van der Waals surface area contributed by atoms with Crippen molar-refractivity contribution in [3.63, 3.8) is 0 Å². The van der Waals surface area contributed by atoms with Crippen molar-refractivity contribution in [3.8, 4) is 5.88 Å². The average molecular weight is 343 g/mol. The third-order valence-corrected chi connectivity index (χ3v) is 4.34. The molecule has 23 heavy (non-hydrogen) atoms. The third-order valence-electron chi connectivity index (χ3n) is 3.93. The second-order valence-electron chi connectivity index (χ2n) is 5.64. The van der Waals surface area contributed by atoms with Gasteiger partial charge in [0.25, 0.3) is 0 Å². The molecule has 0 spiro atoms. The van der Waals surface area contributed by atoms with E-state index >= 15 is 0 Å². The lowest BCUT2D eigenvalue weighted by Gasteiger charge is -2.26. The highest BCUT2D eigenvalue weighted by atomic mass is 35.5. The van der Waals surface area contributed by atoms with Crippen molar-refractivity contribution in [3.05, 3.63) is 12.2 Å². The van der Waals surface area contributed by atoms with Gasteiger partial charge < -0.3 is 19.7 Å². The molecule has 9 heteroatoms. The molecule has 0 unspecified atom stereocenters. The number of aryl methyl sites for hydroxylation is 1. The Balaban J connectivity index is 2.10. The van der Waals surface area contributed by atoms with Crippen LogP contribution >= 0.6 is 11.6 Å². The average Bonchev–Trinajstić information content (AvgIpc) is 3.00. The summed E-state index contributed by atoms with van der Waals surface area (Å²) in [6.07, 6.45) is -0.996. The molecule has 2 aromatic rings. The molecule has 1 aliphatic heterocycles. The predicted molar refractivity (Wildman–Crippen MR) is 82.5 cm³/mol. The van der Waals surface area contributed by atoms with Gasteiger partial charge in [0.15, 0.2) is 17.4 Å². The van der Waals surface area contributed by atoms with Crippen LogP contribution in [-0.2, 0) is 4.74 Å². The zero-order chi connectivity index (χ0) is 16.8. The quantitative estimate of drug-likeness (QED) is 0.791. The van der Waals surface area contributed by atoms with Gasteiger partial charge in [0.05, 0.1) is 19.5 Å². The van der Waals surface area contributed by atoms with Crippen molar-refractivity contribution in [1.82, 2.24) is 19.5 Å². The van der Waals surface area contributed by atoms with Crippen LogP contribution in [0.4, 0.5) is 0 Å². The summed E-state index contributed by atoms with van der Waals surface area (Å²) in [7, 11) is 0. The number of hydrogen-bond donors (Lipinski definition) is 2. The molecule has 8 nitrogen and oxygen atoms in total. The lowest BCUT2D eigenvalue weighted by molar-refractivity contribution is -0.0441. The van der Waals surface area contributed by atoms with Gasteiger partial charge in [-0.05, 0) is 20.8 Å². The van der Waals surface area contributed by atoms with Crippen molar-refractivity contribution in [2.45, 2.75) is 44.1 Å². The number of halogens is 1. The zero-order valence-corrected chi connectivity index (χ0v) is 13.9. The van der Waals surface area contributed by atoms with Crippen molar-refractivity contribution in [1.29, 1.82) is 0 Å². The Morgan fingerprint density at radius 1 is 1.48 bits per heavy atom. The van der Waals surface area contributed by atoms with E-state index in [-0.39, 0.29) is 6.61 Å². The number of aromatic nitrogens is 4. The minimum Gasteiger partial charge on any atom is -0.476 e. The van der Waals surface area contributed by atoms with Crippen LogP contribution in [0, 0.1) is 6.92 Å². The lowest BCUT2D eigenvalue weighted by Crippen LogP contribution is -2.39. The predicted octanol–water partition coefficient (Wildman–Crippen LogP) is 0.782. The highest BCUT2D eigenvalue weighted by molar-refractivity contribution is 6.24. The Labute approximate surface area is 138 Å². The van der Waals surface area contributed by atoms with Crippen LogP contribution in [0.25, 0.3) is 11.2 Å². The van der Waals surface area contributed by atoms with Crippen LogP contribution in [0.3, 0.4) is 0 Å². The first-order chi connectivity index (χ1) is 10.9. The molecule has 3 heterocycles. The zero-order valence-electron chi connectivity index (χ0n) is 13.1. The highest BCUT2D eigenvalue weighted by Gasteiger charge is 2.53. The molecule has 0 amide bonds. The summed E-state index contributed by atoms with van der Waals surface area (Å²) in [4.78, 5) is 11.8. The van der Waals surface area contributed by atoms with Gasteiger partial charge in [-0.2, -0.15) is 4.98 Å². The summed E-state index contributed by atoms with van der Waals surface area (Å²) in [5.74, 6) is 0.915. The Bertz CT molecular complexity index is 720. The van der Waals surface area contributed by atoms with Crippen LogP contribution in [0.5, 0.6) is 5.88 Å². The van der Waals surface area contributed by atoms with Gasteiger partial charge in [0.1, 0.15) is 22.9 Å². The molecule has 1 fully saturated rings. The van der Waals surface area contributed by atoms with E-state index in [1.807, 2.05) is 6.92 Å². The minimum absolute atomic E-state index is 0.329. The second-order valence-corrected chi connectivity index (χ2v) is 6.45. The van der Waals surface area contributed by atoms with Crippen LogP contribution in [-0.4, -0.2) is 60.0 Å². The van der Waals surface area contributed by atoms with Gasteiger partial charge in [-0.15, -0.1) is 11.6 Å². The molecule has 3 rings (SSSR count). The number of nitrogens with zero attached hydrogens (tertiary/aromatic N) is 4. The Hall–Kier alpha value is -1.48. The molecule has 0 saturated carbocycles. The summed E-state index contributed by atoms with van der Waals surface area (Å²) in [6, 6.07) is 0. The first kappa shape index (κ1) is 16.4. The van der Waals surface area contributed by atoms with Crippen LogP contribution in [0.1, 0.15) is 25.9 Å². The molecule has 126 valence electrons. The monoisotopic (exact) mass is 342 g/mol. The largest absolute Gasteiger partial charge is 0.476 e. The standard InChI is InChI=1S/C14H19ClN4O4/c1-4-22-12-9-11(17-7(2)18-12)19(6-16-9)13-14(3,15)10(21)8(5-20)23-13/h6,8,10,13,20-21H,4-5H2,1-3H3/t8-,10-,13-,14-/m1/s1. The van der Waals surface area contributed by atoms with Crippen molar-refractivity contribution < 1.29 is 19.7 Å². The maximum atomic E-state index is 10.2. The minimum atomic E-state index is -1.13. The van der Waals surface area contributed by atoms with Crippen LogP contribution < -0.4 is 4.74 Å². The summed E-state index contributed by atoms with van der Waals surface area (Å²) < 4.78 is 12.9. The number of imidazole rings is 1. The fourth-order valence-electron chi connectivity index (χ4n) is 2.77. The van der Waals surface area contributed by atoms with Crippen molar-refractivity contribution in [2.75, 3.05) is 13.2 Å². The van der Waals surface area contributed by atoms with Gasteiger partial charge in [-0.3, -0.25) is 4.57 Å². The van der Waals surface area contributed by atoms with E-state index in [1.54, 1.807) is 18.4 Å². The number of ether oxygens (including phenoxy) is 2. The van der Waals surface area contributed by atoms with Crippen molar-refractivity contribution >= 4 is 22.8 Å². The van der Waals surface area contributed by atoms with E-state index < -0.39 is 23.3 Å². The van der Waals surface area contributed by atoms with Crippen molar-refractivity contribution in [2.24, 2.45) is 0 Å². The van der Waals surface area contributed by atoms with Gasteiger partial charge in [-0.25, -0.2) is 9.97 Å². The van der Waals surface area contributed by atoms with Gasteiger partial charge >= 0.3 is 0 Å². The Morgan fingerprint density at radius 3 is 2.83 bits per heavy atom. The van der Waals surface area contributed by atoms with E-state index in [0.29, 0.717) is 29.5 Å². The fraction of sp³-hybridized carbons (Fsp3) is 0.643. The van der Waals surface area contributed by atoms with E-state index in [9.17, 15) is 10.2 Å². The third kappa shape index (κ3) is 2.55. The van der Waals surface area contributed by atoms with E-state index in [4.69, 9.17) is 21.1 Å². The molecule has 2 aromatic heterocycles. The topological polar surface area (TPSA) is 103 Å². The molecule has 0 bridgehead atoms. The molecular formula is C14H19ClN4O4.